The molecule has 326 valence electrons. The summed E-state index contributed by atoms with van der Waals surface area (Å²) in [5.74, 6) is -1.59. The van der Waals surface area contributed by atoms with E-state index in [9.17, 15) is 36.3 Å². The van der Waals surface area contributed by atoms with E-state index in [-0.39, 0.29) is 32.5 Å². The summed E-state index contributed by atoms with van der Waals surface area (Å²) in [7, 11) is -5.29. The molecule has 2 aliphatic heterocycles. The molecular formula is C42H46N2O14S3. The van der Waals surface area contributed by atoms with E-state index in [0.717, 1.165) is 16.9 Å². The van der Waals surface area contributed by atoms with Gasteiger partial charge in [0.15, 0.2) is 37.0 Å². The van der Waals surface area contributed by atoms with Crippen molar-refractivity contribution >= 4 is 54.0 Å². The Morgan fingerprint density at radius 2 is 1.30 bits per heavy atom. The highest BCUT2D eigenvalue weighted by atomic mass is 32.2. The zero-order chi connectivity index (χ0) is 43.3. The summed E-state index contributed by atoms with van der Waals surface area (Å²) in [6, 6.07) is 17.3. The zero-order valence-electron chi connectivity index (χ0n) is 33.4. The molecule has 4 aliphatic rings. The van der Waals surface area contributed by atoms with Crippen molar-refractivity contribution < 1.29 is 64.7 Å². The van der Waals surface area contributed by atoms with E-state index in [1.165, 1.54) is 49.7 Å². The molecule has 2 N–H and O–H groups in total. The third kappa shape index (κ3) is 11.0. The van der Waals surface area contributed by atoms with Gasteiger partial charge in [-0.25, -0.2) is 31.4 Å². The lowest BCUT2D eigenvalue weighted by atomic mass is 10.1. The number of nitrogens with one attached hydrogen (secondary N) is 1. The molecule has 2 aliphatic carbocycles. The molecule has 1 amide bonds. The minimum atomic E-state index is -3.34. The number of nitrogens with zero attached hydrogens (tertiary/aromatic N) is 1. The van der Waals surface area contributed by atoms with E-state index >= 15 is 0 Å². The van der Waals surface area contributed by atoms with E-state index in [2.05, 4.69) is 10.3 Å². The Bertz CT molecular complexity index is 2420. The number of esters is 1. The number of hydrogen-bond donors (Lipinski definition) is 2. The zero-order valence-corrected chi connectivity index (χ0v) is 35.8. The average molecular weight is 899 g/mol. The Labute approximate surface area is 357 Å². The number of carboxylic acid groups (broad SMARTS) is 1. The number of thiazole rings is 1. The third-order valence-electron chi connectivity index (χ3n) is 10.4. The summed E-state index contributed by atoms with van der Waals surface area (Å²) in [6.45, 7) is 3.67. The lowest BCUT2D eigenvalue weighted by Crippen LogP contribution is -2.28. The fourth-order valence-electron chi connectivity index (χ4n) is 6.65. The van der Waals surface area contributed by atoms with Gasteiger partial charge in [0.1, 0.15) is 5.75 Å². The predicted octanol–water partition coefficient (Wildman–Crippen LogP) is 6.01. The Kier molecular flexibility index (Phi) is 13.9. The standard InChI is InChI=1S/C27H28N2O8S2.C15H18O6S/c1-16-3-6-18(13-22(16)26(31)34-2)36-23-14-28-27(38-23)29-25(30)24(37-19-11-12-35-15-19)17-4-7-20(8-5-17)39(32,33)21-9-10-21;16-15(17)14(21-11-7-8-20-9-11)10-1-3-12(4-2-10)22(18,19)13-5-6-13/h3-8,13-14,19,21,24H,9-12,15H2,1-2H3,(H,28,29,30);1-4,11,13-14H,5-9H2,(H,16,17)/t19-,24?;11-,14?/m11/s1. The maximum absolute atomic E-state index is 13.3. The molecule has 2 unspecified atom stereocenters. The topological polar surface area (TPSA) is 220 Å². The van der Waals surface area contributed by atoms with Crippen LogP contribution in [0.5, 0.6) is 10.8 Å². The molecule has 4 atom stereocenters. The molecule has 2 saturated heterocycles. The molecule has 19 heteroatoms. The van der Waals surface area contributed by atoms with Crippen LogP contribution in [0.15, 0.2) is 82.7 Å². The van der Waals surface area contributed by atoms with Gasteiger partial charge in [-0.2, -0.15) is 0 Å². The first-order chi connectivity index (χ1) is 29.2. The van der Waals surface area contributed by atoms with E-state index in [4.69, 9.17) is 28.4 Å². The average Bonchev–Trinajstić information content (AvgIpc) is 4.14. The minimum Gasteiger partial charge on any atom is -0.479 e. The molecule has 1 aromatic heterocycles. The monoisotopic (exact) mass is 898 g/mol. The maximum atomic E-state index is 13.3. The van der Waals surface area contributed by atoms with Crippen molar-refractivity contribution in [1.82, 2.24) is 4.98 Å². The molecule has 3 heterocycles. The van der Waals surface area contributed by atoms with Gasteiger partial charge in [0, 0.05) is 13.2 Å². The molecule has 0 bridgehead atoms. The quantitative estimate of drug-likeness (QED) is 0.123. The van der Waals surface area contributed by atoms with Gasteiger partial charge in [-0.1, -0.05) is 41.7 Å². The summed E-state index contributed by atoms with van der Waals surface area (Å²) in [6.07, 6.45) is 2.93. The molecule has 0 spiro atoms. The number of carboxylic acids is 1. The summed E-state index contributed by atoms with van der Waals surface area (Å²) < 4.78 is 82.3. The minimum absolute atomic E-state index is 0.240. The van der Waals surface area contributed by atoms with Gasteiger partial charge >= 0.3 is 11.9 Å². The van der Waals surface area contributed by atoms with Crippen molar-refractivity contribution in [2.45, 2.75) is 90.2 Å². The van der Waals surface area contributed by atoms with Crippen LogP contribution in [-0.4, -0.2) is 101 Å². The van der Waals surface area contributed by atoms with E-state index in [1.54, 1.807) is 37.3 Å². The first-order valence-electron chi connectivity index (χ1n) is 19.7. The summed E-state index contributed by atoms with van der Waals surface area (Å²) >= 11 is 1.11. The Balaban J connectivity index is 0.000000215. The van der Waals surface area contributed by atoms with E-state index in [1.807, 2.05) is 0 Å². The second kappa shape index (κ2) is 19.1. The van der Waals surface area contributed by atoms with Crippen LogP contribution in [0, 0.1) is 6.92 Å². The van der Waals surface area contributed by atoms with Gasteiger partial charge in [-0.05, 0) is 98.5 Å². The van der Waals surface area contributed by atoms with Gasteiger partial charge in [-0.3, -0.25) is 10.1 Å². The van der Waals surface area contributed by atoms with Crippen LogP contribution >= 0.6 is 11.3 Å². The molecule has 4 aromatic rings. The van der Waals surface area contributed by atoms with Crippen LogP contribution in [0.2, 0.25) is 0 Å². The number of methoxy groups -OCH3 is 1. The third-order valence-corrected chi connectivity index (χ3v) is 15.7. The van der Waals surface area contributed by atoms with Crippen LogP contribution in [0.25, 0.3) is 0 Å². The van der Waals surface area contributed by atoms with E-state index < -0.39 is 49.7 Å². The molecule has 61 heavy (non-hydrogen) atoms. The lowest BCUT2D eigenvalue weighted by molar-refractivity contribution is -0.155. The van der Waals surface area contributed by atoms with Crippen molar-refractivity contribution in [1.29, 1.82) is 0 Å². The van der Waals surface area contributed by atoms with Crippen LogP contribution in [0.4, 0.5) is 5.13 Å². The van der Waals surface area contributed by atoms with E-state index in [0.29, 0.717) is 97.6 Å². The fraction of sp³-hybridized carbons (Fsp3) is 0.429. The second-order valence-corrected chi connectivity index (χ2v) is 20.5. The highest BCUT2D eigenvalue weighted by molar-refractivity contribution is 7.92. The molecule has 3 aromatic carbocycles. The number of aryl methyl sites for hydroxylation is 1. The van der Waals surface area contributed by atoms with Crippen LogP contribution < -0.4 is 10.1 Å². The number of rotatable bonds is 16. The van der Waals surface area contributed by atoms with Crippen molar-refractivity contribution in [3.63, 3.8) is 0 Å². The number of ether oxygens (including phenoxy) is 6. The predicted molar refractivity (Wildman–Crippen MR) is 220 cm³/mol. The summed E-state index contributed by atoms with van der Waals surface area (Å²) in [5, 5.41) is 12.2. The van der Waals surface area contributed by atoms with Crippen molar-refractivity contribution in [2.75, 3.05) is 38.9 Å². The Morgan fingerprint density at radius 1 is 0.770 bits per heavy atom. The van der Waals surface area contributed by atoms with Gasteiger partial charge < -0.3 is 33.5 Å². The smallest absolute Gasteiger partial charge is 0.338 e. The van der Waals surface area contributed by atoms with Crippen molar-refractivity contribution in [3.05, 3.63) is 95.2 Å². The Hall–Kier alpha value is -4.76. The molecule has 0 radical (unpaired) electrons. The first-order valence-corrected chi connectivity index (χ1v) is 23.6. The van der Waals surface area contributed by atoms with Gasteiger partial charge in [0.2, 0.25) is 5.06 Å². The SMILES string of the molecule is COC(=O)c1cc(Oc2cnc(NC(=O)C(O[C@@H]3CCOC3)c3ccc(S(=O)(=O)C4CC4)cc3)s2)ccc1C.O=C(O)C(O[C@@H]1CCOC1)c1ccc(S(=O)(=O)C2CC2)cc1. The number of benzene rings is 3. The number of sulfone groups is 2. The number of aliphatic carboxylic acids is 1. The number of hydrogen-bond acceptors (Lipinski definition) is 15. The largest absolute Gasteiger partial charge is 0.479 e. The Morgan fingerprint density at radius 3 is 1.77 bits per heavy atom. The number of carbonyl (C=O) groups excluding carboxylic acids is 2. The van der Waals surface area contributed by atoms with Crippen LogP contribution in [0.1, 0.15) is 77.8 Å². The fourth-order valence-corrected chi connectivity index (χ4v) is 10.7. The van der Waals surface area contributed by atoms with Gasteiger partial charge in [0.25, 0.3) is 5.91 Å². The van der Waals surface area contributed by atoms with Gasteiger partial charge in [0.05, 0.1) is 64.6 Å². The van der Waals surface area contributed by atoms with Crippen LogP contribution in [0.3, 0.4) is 0 Å². The second-order valence-electron chi connectivity index (χ2n) is 15.0. The van der Waals surface area contributed by atoms with Crippen molar-refractivity contribution in [2.24, 2.45) is 0 Å². The lowest BCUT2D eigenvalue weighted by Gasteiger charge is -2.21. The van der Waals surface area contributed by atoms with Crippen LogP contribution in [-0.2, 0) is 52.9 Å². The number of aromatic nitrogens is 1. The number of carbonyl (C=O) groups is 3. The summed E-state index contributed by atoms with van der Waals surface area (Å²) in [4.78, 5) is 41.4. The number of amides is 1. The molecule has 16 nitrogen and oxygen atoms in total. The highest BCUT2D eigenvalue weighted by Crippen LogP contribution is 2.37. The van der Waals surface area contributed by atoms with Crippen molar-refractivity contribution in [3.8, 4) is 10.8 Å². The highest BCUT2D eigenvalue weighted by Gasteiger charge is 2.38. The summed E-state index contributed by atoms with van der Waals surface area (Å²) in [5.41, 5.74) is 2.11. The maximum Gasteiger partial charge on any atom is 0.338 e. The molecular weight excluding hydrogens is 853 g/mol. The molecule has 2 saturated carbocycles. The molecule has 8 rings (SSSR count). The number of anilines is 1. The molecule has 4 fully saturated rings. The normalized spacial score (nSPS) is 19.9. The first kappa shape index (κ1) is 44.3. The van der Waals surface area contributed by atoms with Gasteiger partial charge in [-0.15, -0.1) is 0 Å².